The van der Waals surface area contributed by atoms with Crippen LogP contribution in [0.15, 0.2) is 23.1 Å². The third-order valence-electron chi connectivity index (χ3n) is 1.63. The third kappa shape index (κ3) is 2.27. The average Bonchev–Trinajstić information content (AvgIpc) is 2.17. The van der Waals surface area contributed by atoms with Crippen LogP contribution in [0.4, 0.5) is 11.4 Å². The lowest BCUT2D eigenvalue weighted by Crippen LogP contribution is -2.52. The molecule has 0 aromatic heterocycles. The fourth-order valence-corrected chi connectivity index (χ4v) is 1.65. The lowest BCUT2D eigenvalue weighted by atomic mass is 10.3. The molecule has 1 unspecified atom stereocenters. The van der Waals surface area contributed by atoms with Crippen LogP contribution >= 0.6 is 0 Å². The average molecular weight is 234 g/mol. The number of benzene rings is 1. The van der Waals surface area contributed by atoms with E-state index in [0.717, 1.165) is 18.2 Å². The molecule has 0 aliphatic carbocycles. The van der Waals surface area contributed by atoms with Gasteiger partial charge in [0.2, 0.25) is 0 Å². The smallest absolute Gasteiger partial charge is 0.394 e. The highest BCUT2D eigenvalue weighted by Crippen LogP contribution is 2.27. The number of rotatable bonds is 3. The first kappa shape index (κ1) is 11.5. The fraction of sp³-hybridized carbons (Fsp3) is 0. The molecule has 1 rings (SSSR count). The molecule has 15 heavy (non-hydrogen) atoms. The summed E-state index contributed by atoms with van der Waals surface area (Å²) in [4.78, 5) is 9.31. The highest BCUT2D eigenvalue weighted by atomic mass is 32.3. The number of nitro benzene ring substituents is 1. The Hall–Kier alpha value is -1.55. The summed E-state index contributed by atoms with van der Waals surface area (Å²) in [5, 5.41) is 10.3. The van der Waals surface area contributed by atoms with Crippen LogP contribution in [0.5, 0.6) is 0 Å². The second-order valence-electron chi connectivity index (χ2n) is 2.55. The number of nitrogens with two attached hydrogens (primary N) is 1. The summed E-state index contributed by atoms with van der Waals surface area (Å²) in [5.41, 5.74) is 4.78. The van der Waals surface area contributed by atoms with Crippen LogP contribution < -0.4 is 11.6 Å². The topological polar surface area (TPSA) is 143 Å². The molecule has 0 fully saturated rings. The fourth-order valence-electron chi connectivity index (χ4n) is 0.941. The van der Waals surface area contributed by atoms with Gasteiger partial charge in [0, 0.05) is 18.2 Å². The quantitative estimate of drug-likeness (QED) is 0.312. The first-order valence-electron chi connectivity index (χ1n) is 3.61. The molecule has 0 amide bonds. The molecule has 0 saturated heterocycles. The molecule has 0 spiro atoms. The Morgan fingerprint density at radius 3 is 2.53 bits per heavy atom. The van der Waals surface area contributed by atoms with Gasteiger partial charge in [-0.2, -0.15) is 5.90 Å². The van der Waals surface area contributed by atoms with Gasteiger partial charge in [0.15, 0.2) is 0 Å². The third-order valence-corrected chi connectivity index (χ3v) is 2.85. The van der Waals surface area contributed by atoms with Gasteiger partial charge in [-0.05, 0) is 4.21 Å². The zero-order chi connectivity index (χ0) is 11.6. The van der Waals surface area contributed by atoms with E-state index in [1.165, 1.54) is 0 Å². The Labute approximate surface area is 85.4 Å². The van der Waals surface area contributed by atoms with Crippen LogP contribution in [0.3, 0.4) is 0 Å². The van der Waals surface area contributed by atoms with E-state index in [4.69, 9.17) is 5.73 Å². The van der Waals surface area contributed by atoms with Crippen LogP contribution in [0.25, 0.3) is 0 Å². The summed E-state index contributed by atoms with van der Waals surface area (Å²) < 4.78 is 26.3. The van der Waals surface area contributed by atoms with E-state index >= 15 is 0 Å². The molecule has 1 radical (unpaired) electrons. The summed E-state index contributed by atoms with van der Waals surface area (Å²) in [6.07, 6.45) is 0. The Morgan fingerprint density at radius 1 is 1.53 bits per heavy atom. The zero-order valence-corrected chi connectivity index (χ0v) is 8.23. The number of quaternary nitrogens is 1. The van der Waals surface area contributed by atoms with Crippen molar-refractivity contribution in [3.05, 3.63) is 28.3 Å². The van der Waals surface area contributed by atoms with Gasteiger partial charge in [-0.15, -0.1) is 0 Å². The summed E-state index contributed by atoms with van der Waals surface area (Å²) >= 11 is 0. The minimum absolute atomic E-state index is 0.257. The highest BCUT2D eigenvalue weighted by Gasteiger charge is 2.40. The maximum absolute atomic E-state index is 11.2. The van der Waals surface area contributed by atoms with Crippen LogP contribution in [-0.4, -0.2) is 4.92 Å². The molecule has 81 valence electrons. The summed E-state index contributed by atoms with van der Waals surface area (Å²) in [6, 6.07) is 2.95. The van der Waals surface area contributed by atoms with Crippen molar-refractivity contribution in [1.82, 2.24) is 0 Å². The number of nitrogen functional groups attached to an aromatic ring is 1. The van der Waals surface area contributed by atoms with Crippen molar-refractivity contribution in [3.8, 4) is 0 Å². The van der Waals surface area contributed by atoms with Crippen LogP contribution in [0.1, 0.15) is 0 Å². The van der Waals surface area contributed by atoms with E-state index in [2.05, 4.69) is 10.2 Å². The van der Waals surface area contributed by atoms with Gasteiger partial charge < -0.3 is 5.73 Å². The van der Waals surface area contributed by atoms with Crippen molar-refractivity contribution >= 4 is 21.9 Å². The maximum Gasteiger partial charge on any atom is 0.484 e. The number of nitrogens with zero attached hydrogens (tertiary/aromatic N) is 1. The van der Waals surface area contributed by atoms with Crippen LogP contribution in [-0.2, 0) is 23.5 Å². The lowest BCUT2D eigenvalue weighted by Gasteiger charge is -1.98. The van der Waals surface area contributed by atoms with Crippen molar-refractivity contribution < 1.29 is 23.9 Å². The molecule has 0 heterocycles. The molecule has 1 aromatic rings. The summed E-state index contributed by atoms with van der Waals surface area (Å²) in [7, 11) is -4.03. The van der Waals surface area contributed by atoms with E-state index in [1.54, 1.807) is 0 Å². The number of nitro groups is 1. The maximum atomic E-state index is 11.2. The Kier molecular flexibility index (Phi) is 3.00. The van der Waals surface area contributed by atoms with Crippen molar-refractivity contribution in [2.24, 2.45) is 0 Å². The number of anilines is 1. The van der Waals surface area contributed by atoms with Crippen molar-refractivity contribution in [2.75, 3.05) is 5.73 Å². The minimum Gasteiger partial charge on any atom is -0.394 e. The van der Waals surface area contributed by atoms with Gasteiger partial charge in [0.05, 0.1) is 13.8 Å². The molecule has 0 aliphatic heterocycles. The van der Waals surface area contributed by atoms with Gasteiger partial charge in [0.25, 0.3) is 10.6 Å². The summed E-state index contributed by atoms with van der Waals surface area (Å²) in [6.45, 7) is 0. The monoisotopic (exact) mass is 234 g/mol. The Morgan fingerprint density at radius 2 is 2.13 bits per heavy atom. The van der Waals surface area contributed by atoms with E-state index in [9.17, 15) is 18.9 Å². The van der Waals surface area contributed by atoms with Crippen molar-refractivity contribution in [3.63, 3.8) is 0 Å². The van der Waals surface area contributed by atoms with E-state index in [1.807, 2.05) is 0 Å². The second kappa shape index (κ2) is 3.90. The highest BCUT2D eigenvalue weighted by molar-refractivity contribution is 7.93. The molecule has 0 aliphatic rings. The van der Waals surface area contributed by atoms with Crippen LogP contribution in [0, 0.1) is 10.1 Å². The Bertz CT molecular complexity index is 448. The SMILES string of the molecule is Nc1cc([N+](=O)[O-])ccc1[S+]([O])(=O)O[NH3+]. The lowest BCUT2D eigenvalue weighted by molar-refractivity contribution is -0.637. The molecule has 0 bridgehead atoms. The molecular weight excluding hydrogens is 226 g/mol. The van der Waals surface area contributed by atoms with Gasteiger partial charge in [-0.25, -0.2) is 0 Å². The van der Waals surface area contributed by atoms with Crippen molar-refractivity contribution in [2.45, 2.75) is 4.90 Å². The summed E-state index contributed by atoms with van der Waals surface area (Å²) in [5.74, 6) is 2.75. The molecule has 1 atom stereocenters. The molecule has 9 heteroatoms. The molecule has 1 aromatic carbocycles. The molecular formula is C6H8N3O5S+2. The molecule has 0 saturated carbocycles. The van der Waals surface area contributed by atoms with Gasteiger partial charge >= 0.3 is 10.5 Å². The molecule has 8 nitrogen and oxygen atoms in total. The van der Waals surface area contributed by atoms with E-state index in [-0.39, 0.29) is 16.3 Å². The van der Waals surface area contributed by atoms with Crippen LogP contribution in [0.2, 0.25) is 0 Å². The normalized spacial score (nSPS) is 14.5. The Balaban J connectivity index is 3.26. The predicted molar refractivity (Wildman–Crippen MR) is 48.5 cm³/mol. The standard InChI is InChI=1S/C6H8N3O5S/c7-5-3-4(9(10)11)1-2-6(5)15(12,13)14-8/h1-3H,7H2,8H3/q+2. The van der Waals surface area contributed by atoms with Gasteiger partial charge in [0.1, 0.15) is 5.69 Å². The van der Waals surface area contributed by atoms with E-state index in [0.29, 0.717) is 0 Å². The first-order chi connectivity index (χ1) is 6.88. The molecule has 5 N–H and O–H groups in total. The predicted octanol–water partition coefficient (Wildman–Crippen LogP) is -0.531. The number of hydrogen-bond acceptors (Lipinski definition) is 5. The second-order valence-corrected chi connectivity index (χ2v) is 4.13. The largest absolute Gasteiger partial charge is 0.484 e. The van der Waals surface area contributed by atoms with Crippen molar-refractivity contribution in [1.29, 1.82) is 0 Å². The number of hydrogen-bond donors (Lipinski definition) is 2. The number of non-ortho nitro benzene ring substituents is 1. The van der Waals surface area contributed by atoms with E-state index < -0.39 is 15.4 Å². The van der Waals surface area contributed by atoms with Gasteiger partial charge in [-0.3, -0.25) is 10.1 Å². The first-order valence-corrected chi connectivity index (χ1v) is 5.02. The zero-order valence-electron chi connectivity index (χ0n) is 7.41. The van der Waals surface area contributed by atoms with Gasteiger partial charge in [-0.1, -0.05) is 0 Å². The minimum atomic E-state index is -4.03.